The quantitative estimate of drug-likeness (QED) is 0.467. The molecule has 1 aromatic carbocycles. The number of nitrogens with two attached hydrogens (primary N) is 1. The molecular weight excluding hydrogens is 380 g/mol. The van der Waals surface area contributed by atoms with Gasteiger partial charge >= 0.3 is 0 Å². The van der Waals surface area contributed by atoms with Crippen LogP contribution < -0.4 is 10.5 Å². The van der Waals surface area contributed by atoms with Crippen LogP contribution in [-0.2, 0) is 6.54 Å². The molecule has 5 rings (SSSR count). The van der Waals surface area contributed by atoms with Crippen molar-refractivity contribution in [1.29, 1.82) is 0 Å². The molecular formula is C21H18N8O. The zero-order valence-electron chi connectivity index (χ0n) is 16.1. The third-order valence-corrected chi connectivity index (χ3v) is 4.81. The number of nitrogens with one attached hydrogen (secondary N) is 1. The Balaban J connectivity index is 1.63. The molecule has 148 valence electrons. The van der Waals surface area contributed by atoms with E-state index >= 15 is 0 Å². The van der Waals surface area contributed by atoms with Crippen molar-refractivity contribution >= 4 is 17.1 Å². The molecule has 30 heavy (non-hydrogen) atoms. The van der Waals surface area contributed by atoms with Crippen LogP contribution in [0.3, 0.4) is 0 Å². The van der Waals surface area contributed by atoms with Crippen LogP contribution in [0.15, 0.2) is 61.4 Å². The summed E-state index contributed by atoms with van der Waals surface area (Å²) >= 11 is 0. The van der Waals surface area contributed by atoms with E-state index < -0.39 is 0 Å². The highest BCUT2D eigenvalue weighted by atomic mass is 16.5. The van der Waals surface area contributed by atoms with Gasteiger partial charge in [0.15, 0.2) is 5.65 Å². The van der Waals surface area contributed by atoms with Gasteiger partial charge in [-0.3, -0.25) is 4.98 Å². The minimum Gasteiger partial charge on any atom is -0.496 e. The summed E-state index contributed by atoms with van der Waals surface area (Å²) in [4.78, 5) is 24.7. The largest absolute Gasteiger partial charge is 0.496 e. The van der Waals surface area contributed by atoms with Crippen LogP contribution in [0, 0.1) is 0 Å². The lowest BCUT2D eigenvalue weighted by molar-refractivity contribution is 0.416. The molecule has 4 aromatic heterocycles. The van der Waals surface area contributed by atoms with E-state index in [2.05, 4.69) is 34.5 Å². The number of nitrogens with zero attached hydrogens (tertiary/aromatic N) is 6. The number of benzene rings is 1. The molecule has 9 heteroatoms. The molecule has 0 saturated heterocycles. The maximum absolute atomic E-state index is 5.92. The molecule has 0 amide bonds. The highest BCUT2D eigenvalue weighted by Gasteiger charge is 2.17. The monoisotopic (exact) mass is 398 g/mol. The van der Waals surface area contributed by atoms with Crippen molar-refractivity contribution < 1.29 is 4.74 Å². The van der Waals surface area contributed by atoms with Gasteiger partial charge in [0.05, 0.1) is 20.0 Å². The van der Waals surface area contributed by atoms with E-state index in [1.165, 1.54) is 0 Å². The third kappa shape index (κ3) is 3.12. The summed E-state index contributed by atoms with van der Waals surface area (Å²) in [6, 6.07) is 9.82. The lowest BCUT2D eigenvalue weighted by Gasteiger charge is -2.13. The van der Waals surface area contributed by atoms with E-state index in [0.29, 0.717) is 29.2 Å². The lowest BCUT2D eigenvalue weighted by atomic mass is 10.0. The number of H-pyrrole nitrogens is 1. The summed E-state index contributed by atoms with van der Waals surface area (Å²) in [7, 11) is 1.62. The number of pyridine rings is 1. The van der Waals surface area contributed by atoms with Gasteiger partial charge in [-0.2, -0.15) is 4.98 Å². The van der Waals surface area contributed by atoms with E-state index in [1.54, 1.807) is 25.8 Å². The van der Waals surface area contributed by atoms with E-state index in [0.717, 1.165) is 22.5 Å². The second-order valence-corrected chi connectivity index (χ2v) is 6.69. The smallest absolute Gasteiger partial charge is 0.222 e. The summed E-state index contributed by atoms with van der Waals surface area (Å²) in [6.07, 6.45) is 8.91. The van der Waals surface area contributed by atoms with Crippen molar-refractivity contribution in [3.05, 3.63) is 67.0 Å². The maximum Gasteiger partial charge on any atom is 0.222 e. The number of rotatable bonds is 5. The van der Waals surface area contributed by atoms with Crippen molar-refractivity contribution in [3.63, 3.8) is 0 Å². The number of nitrogen functional groups attached to an aromatic ring is 1. The molecule has 0 aliphatic heterocycles. The number of methoxy groups -OCH3 is 1. The van der Waals surface area contributed by atoms with Crippen LogP contribution in [0.5, 0.6) is 5.75 Å². The Morgan fingerprint density at radius 1 is 1.13 bits per heavy atom. The third-order valence-electron chi connectivity index (χ3n) is 4.81. The normalized spacial score (nSPS) is 11.1. The molecule has 3 N–H and O–H groups in total. The van der Waals surface area contributed by atoms with Crippen LogP contribution in [0.4, 0.5) is 5.95 Å². The Hall–Kier alpha value is -4.27. The molecule has 0 aliphatic carbocycles. The number of anilines is 1. The summed E-state index contributed by atoms with van der Waals surface area (Å²) < 4.78 is 7.66. The van der Waals surface area contributed by atoms with E-state index in [-0.39, 0.29) is 5.95 Å². The standard InChI is InChI=1S/C21H18N8O/c1-30-16-5-4-14(20-24-7-8-29(20)11-13-3-2-6-23-10-13)9-15(16)17-18-19(26-12-25-18)28-21(22)27-17/h2-10,12H,11H2,1H3,(H3,22,25,26,27,28). The van der Waals surface area contributed by atoms with Crippen LogP contribution in [0.1, 0.15) is 5.56 Å². The summed E-state index contributed by atoms with van der Waals surface area (Å²) in [5.74, 6) is 1.64. The van der Waals surface area contributed by atoms with Gasteiger partial charge in [-0.15, -0.1) is 0 Å². The first-order chi connectivity index (χ1) is 14.7. The summed E-state index contributed by atoms with van der Waals surface area (Å²) in [5, 5.41) is 0. The molecule has 0 saturated carbocycles. The summed E-state index contributed by atoms with van der Waals surface area (Å²) in [6.45, 7) is 0.662. The number of imidazole rings is 2. The second-order valence-electron chi connectivity index (χ2n) is 6.69. The average Bonchev–Trinajstić information content (AvgIpc) is 3.43. The first-order valence-corrected chi connectivity index (χ1v) is 9.28. The molecule has 0 bridgehead atoms. The number of aromatic amines is 1. The van der Waals surface area contributed by atoms with E-state index in [4.69, 9.17) is 10.5 Å². The van der Waals surface area contributed by atoms with Crippen LogP contribution in [0.25, 0.3) is 33.8 Å². The van der Waals surface area contributed by atoms with Gasteiger partial charge in [-0.05, 0) is 29.8 Å². The maximum atomic E-state index is 5.92. The van der Waals surface area contributed by atoms with Gasteiger partial charge in [0.1, 0.15) is 22.8 Å². The minimum atomic E-state index is 0.148. The van der Waals surface area contributed by atoms with Gasteiger partial charge in [-0.1, -0.05) is 6.07 Å². The molecule has 4 heterocycles. The van der Waals surface area contributed by atoms with Crippen LogP contribution >= 0.6 is 0 Å². The molecule has 0 fully saturated rings. The highest BCUT2D eigenvalue weighted by molar-refractivity contribution is 5.91. The first-order valence-electron chi connectivity index (χ1n) is 9.28. The summed E-state index contributed by atoms with van der Waals surface area (Å²) in [5.41, 5.74) is 10.5. The molecule has 0 unspecified atom stereocenters. The molecule has 9 nitrogen and oxygen atoms in total. The SMILES string of the molecule is COc1ccc(-c2nccn2Cc2cccnc2)cc1-c1nc(N)nc2nc[nH]c12. The fourth-order valence-corrected chi connectivity index (χ4v) is 3.46. The number of hydrogen-bond donors (Lipinski definition) is 2. The van der Waals surface area contributed by atoms with E-state index in [1.807, 2.05) is 42.7 Å². The predicted molar refractivity (Wildman–Crippen MR) is 113 cm³/mol. The molecule has 5 aromatic rings. The molecule has 0 atom stereocenters. The number of hydrogen-bond acceptors (Lipinski definition) is 7. The van der Waals surface area contributed by atoms with Gasteiger partial charge in [0.2, 0.25) is 5.95 Å². The molecule has 0 radical (unpaired) electrons. The number of fused-ring (bicyclic) bond motifs is 1. The Labute approximate surface area is 171 Å². The van der Waals surface area contributed by atoms with Gasteiger partial charge in [-0.25, -0.2) is 15.0 Å². The fraction of sp³-hybridized carbons (Fsp3) is 0.0952. The van der Waals surface area contributed by atoms with Crippen molar-refractivity contribution in [2.45, 2.75) is 6.54 Å². The Morgan fingerprint density at radius 2 is 2.07 bits per heavy atom. The van der Waals surface area contributed by atoms with Gasteiger partial charge in [0.25, 0.3) is 0 Å². The lowest BCUT2D eigenvalue weighted by Crippen LogP contribution is -2.02. The first kappa shape index (κ1) is 17.8. The topological polar surface area (TPSA) is 120 Å². The molecule has 0 spiro atoms. The van der Waals surface area contributed by atoms with Crippen LogP contribution in [0.2, 0.25) is 0 Å². The zero-order valence-corrected chi connectivity index (χ0v) is 16.1. The van der Waals surface area contributed by atoms with Gasteiger partial charge in [0, 0.05) is 35.9 Å². The second kappa shape index (κ2) is 7.28. The van der Waals surface area contributed by atoms with Crippen LogP contribution in [-0.4, -0.2) is 41.6 Å². The Kier molecular flexibility index (Phi) is 4.32. The Morgan fingerprint density at radius 3 is 2.90 bits per heavy atom. The highest BCUT2D eigenvalue weighted by Crippen LogP contribution is 2.35. The van der Waals surface area contributed by atoms with Gasteiger partial charge < -0.3 is 20.0 Å². The Bertz CT molecular complexity index is 1330. The van der Waals surface area contributed by atoms with Crippen molar-refractivity contribution in [2.75, 3.05) is 12.8 Å². The van der Waals surface area contributed by atoms with E-state index in [9.17, 15) is 0 Å². The zero-order chi connectivity index (χ0) is 20.5. The van der Waals surface area contributed by atoms with Crippen molar-refractivity contribution in [3.8, 4) is 28.4 Å². The predicted octanol–water partition coefficient (Wildman–Crippen LogP) is 2.92. The van der Waals surface area contributed by atoms with Crippen molar-refractivity contribution in [2.24, 2.45) is 0 Å². The fourth-order valence-electron chi connectivity index (χ4n) is 3.46. The number of ether oxygens (including phenoxy) is 1. The molecule has 0 aliphatic rings. The minimum absolute atomic E-state index is 0.148. The van der Waals surface area contributed by atoms with Crippen molar-refractivity contribution in [1.82, 2.24) is 34.5 Å². The number of aromatic nitrogens is 7. The average molecular weight is 398 g/mol.